The molecule has 1 aliphatic rings. The quantitative estimate of drug-likeness (QED) is 0.815. The van der Waals surface area contributed by atoms with Gasteiger partial charge in [0.1, 0.15) is 0 Å². The number of hydrogen-bond donors (Lipinski definition) is 1. The average Bonchev–Trinajstić information content (AvgIpc) is 2.32. The van der Waals surface area contributed by atoms with Gasteiger partial charge in [0.15, 0.2) is 0 Å². The SMILES string of the molecule is Cc1ccc(C(=O)NC2CCC(Cl)CC2)c(Br)c1. The lowest BCUT2D eigenvalue weighted by Gasteiger charge is -2.26. The van der Waals surface area contributed by atoms with E-state index in [1.54, 1.807) is 0 Å². The van der Waals surface area contributed by atoms with Crippen molar-refractivity contribution in [1.82, 2.24) is 5.32 Å². The summed E-state index contributed by atoms with van der Waals surface area (Å²) >= 11 is 9.50. The number of nitrogens with one attached hydrogen (secondary N) is 1. The number of alkyl halides is 1. The molecule has 0 aliphatic heterocycles. The molecule has 18 heavy (non-hydrogen) atoms. The van der Waals surface area contributed by atoms with Crippen LogP contribution in [0.25, 0.3) is 0 Å². The van der Waals surface area contributed by atoms with Gasteiger partial charge in [-0.15, -0.1) is 11.6 Å². The third-order valence-corrected chi connectivity index (χ3v) is 4.45. The maximum absolute atomic E-state index is 12.2. The summed E-state index contributed by atoms with van der Waals surface area (Å²) in [5.74, 6) is -0.0000950. The zero-order valence-electron chi connectivity index (χ0n) is 10.4. The van der Waals surface area contributed by atoms with Gasteiger partial charge in [-0.3, -0.25) is 4.79 Å². The van der Waals surface area contributed by atoms with E-state index in [1.165, 1.54) is 0 Å². The third-order valence-electron chi connectivity index (χ3n) is 3.36. The van der Waals surface area contributed by atoms with Crippen molar-refractivity contribution >= 4 is 33.4 Å². The van der Waals surface area contributed by atoms with Crippen molar-refractivity contribution < 1.29 is 4.79 Å². The van der Waals surface area contributed by atoms with Crippen LogP contribution in [-0.4, -0.2) is 17.3 Å². The van der Waals surface area contributed by atoms with Crippen LogP contribution in [-0.2, 0) is 0 Å². The lowest BCUT2D eigenvalue weighted by Crippen LogP contribution is -2.37. The highest BCUT2D eigenvalue weighted by molar-refractivity contribution is 9.10. The highest BCUT2D eigenvalue weighted by atomic mass is 79.9. The molecular formula is C14H17BrClNO. The second-order valence-electron chi connectivity index (χ2n) is 4.91. The highest BCUT2D eigenvalue weighted by Crippen LogP contribution is 2.24. The summed E-state index contributed by atoms with van der Waals surface area (Å²) < 4.78 is 0.853. The van der Waals surface area contributed by atoms with Gasteiger partial charge in [0.2, 0.25) is 0 Å². The molecule has 0 unspecified atom stereocenters. The number of benzene rings is 1. The summed E-state index contributed by atoms with van der Waals surface area (Å²) in [6.45, 7) is 2.01. The summed E-state index contributed by atoms with van der Waals surface area (Å²) in [4.78, 5) is 12.2. The Morgan fingerprint density at radius 1 is 1.33 bits per heavy atom. The lowest BCUT2D eigenvalue weighted by atomic mass is 9.95. The molecule has 0 atom stereocenters. The van der Waals surface area contributed by atoms with Crippen LogP contribution in [0.2, 0.25) is 0 Å². The van der Waals surface area contributed by atoms with Gasteiger partial charge in [0.25, 0.3) is 5.91 Å². The summed E-state index contributed by atoms with van der Waals surface area (Å²) in [5.41, 5.74) is 1.84. The first-order chi connectivity index (χ1) is 8.56. The van der Waals surface area contributed by atoms with Crippen molar-refractivity contribution in [2.75, 3.05) is 0 Å². The summed E-state index contributed by atoms with van der Waals surface area (Å²) in [7, 11) is 0. The molecule has 1 aliphatic carbocycles. The molecule has 2 nitrogen and oxygen atoms in total. The Hall–Kier alpha value is -0.540. The molecule has 1 fully saturated rings. The van der Waals surface area contributed by atoms with E-state index in [1.807, 2.05) is 25.1 Å². The van der Waals surface area contributed by atoms with E-state index in [4.69, 9.17) is 11.6 Å². The monoisotopic (exact) mass is 329 g/mol. The van der Waals surface area contributed by atoms with Gasteiger partial charge >= 0.3 is 0 Å². The number of amides is 1. The van der Waals surface area contributed by atoms with Gasteiger partial charge in [-0.25, -0.2) is 0 Å². The molecule has 0 radical (unpaired) electrons. The Bertz CT molecular complexity index is 441. The zero-order chi connectivity index (χ0) is 13.1. The van der Waals surface area contributed by atoms with E-state index in [2.05, 4.69) is 21.2 Å². The molecule has 1 amide bonds. The van der Waals surface area contributed by atoms with E-state index < -0.39 is 0 Å². The second-order valence-corrected chi connectivity index (χ2v) is 6.38. The highest BCUT2D eigenvalue weighted by Gasteiger charge is 2.21. The molecular weight excluding hydrogens is 314 g/mol. The standard InChI is InChI=1S/C14H17BrClNO/c1-9-2-7-12(13(15)8-9)14(18)17-11-5-3-10(16)4-6-11/h2,7-8,10-11H,3-6H2,1H3,(H,17,18). The molecule has 1 N–H and O–H groups in total. The van der Waals surface area contributed by atoms with Crippen LogP contribution in [0.1, 0.15) is 41.6 Å². The van der Waals surface area contributed by atoms with Gasteiger partial charge in [0.05, 0.1) is 5.56 Å². The van der Waals surface area contributed by atoms with Crippen molar-refractivity contribution in [3.8, 4) is 0 Å². The number of halogens is 2. The second kappa shape index (κ2) is 6.07. The molecule has 1 aromatic rings. The number of rotatable bonds is 2. The summed E-state index contributed by atoms with van der Waals surface area (Å²) in [5, 5.41) is 3.37. The van der Waals surface area contributed by atoms with Crippen LogP contribution in [0.4, 0.5) is 0 Å². The average molecular weight is 331 g/mol. The van der Waals surface area contributed by atoms with E-state index in [0.717, 1.165) is 35.7 Å². The molecule has 2 rings (SSSR count). The minimum Gasteiger partial charge on any atom is -0.349 e. The van der Waals surface area contributed by atoms with Crippen LogP contribution in [0.5, 0.6) is 0 Å². The predicted octanol–water partition coefficient (Wildman–Crippen LogP) is 4.04. The van der Waals surface area contributed by atoms with Crippen LogP contribution >= 0.6 is 27.5 Å². The molecule has 1 saturated carbocycles. The molecule has 1 aromatic carbocycles. The Kier molecular flexibility index (Phi) is 4.68. The fourth-order valence-corrected chi connectivity index (χ4v) is 3.19. The molecule has 0 aromatic heterocycles. The van der Waals surface area contributed by atoms with E-state index >= 15 is 0 Å². The fraction of sp³-hybridized carbons (Fsp3) is 0.500. The lowest BCUT2D eigenvalue weighted by molar-refractivity contribution is 0.0927. The van der Waals surface area contributed by atoms with Crippen molar-refractivity contribution in [2.24, 2.45) is 0 Å². The summed E-state index contributed by atoms with van der Waals surface area (Å²) in [6, 6.07) is 6.04. The van der Waals surface area contributed by atoms with Gasteiger partial charge < -0.3 is 5.32 Å². The predicted molar refractivity (Wildman–Crippen MR) is 78.2 cm³/mol. The molecule has 4 heteroatoms. The Morgan fingerprint density at radius 2 is 2.00 bits per heavy atom. The maximum Gasteiger partial charge on any atom is 0.252 e. The number of carbonyl (C=O) groups is 1. The fourth-order valence-electron chi connectivity index (χ4n) is 2.26. The number of carbonyl (C=O) groups excluding carboxylic acids is 1. The smallest absolute Gasteiger partial charge is 0.252 e. The van der Waals surface area contributed by atoms with Crippen molar-refractivity contribution in [2.45, 2.75) is 44.0 Å². The van der Waals surface area contributed by atoms with Crippen LogP contribution < -0.4 is 5.32 Å². The Morgan fingerprint density at radius 3 is 2.61 bits per heavy atom. The maximum atomic E-state index is 12.2. The van der Waals surface area contributed by atoms with Crippen molar-refractivity contribution in [3.05, 3.63) is 33.8 Å². The van der Waals surface area contributed by atoms with Crippen molar-refractivity contribution in [1.29, 1.82) is 0 Å². The number of hydrogen-bond acceptors (Lipinski definition) is 1. The van der Waals surface area contributed by atoms with Gasteiger partial charge in [-0.05, 0) is 66.2 Å². The molecule has 0 bridgehead atoms. The molecule has 0 heterocycles. The largest absolute Gasteiger partial charge is 0.349 e. The Labute approximate surface area is 121 Å². The van der Waals surface area contributed by atoms with Crippen LogP contribution in [0.3, 0.4) is 0 Å². The topological polar surface area (TPSA) is 29.1 Å². The van der Waals surface area contributed by atoms with Gasteiger partial charge in [-0.2, -0.15) is 0 Å². The van der Waals surface area contributed by atoms with E-state index in [9.17, 15) is 4.79 Å². The Balaban J connectivity index is 1.99. The molecule has 98 valence electrons. The van der Waals surface area contributed by atoms with E-state index in [0.29, 0.717) is 5.56 Å². The van der Waals surface area contributed by atoms with Crippen molar-refractivity contribution in [3.63, 3.8) is 0 Å². The number of aryl methyl sites for hydroxylation is 1. The zero-order valence-corrected chi connectivity index (χ0v) is 12.7. The first-order valence-electron chi connectivity index (χ1n) is 6.27. The van der Waals surface area contributed by atoms with Crippen LogP contribution in [0.15, 0.2) is 22.7 Å². The summed E-state index contributed by atoms with van der Waals surface area (Å²) in [6.07, 6.45) is 3.93. The van der Waals surface area contributed by atoms with Gasteiger partial charge in [-0.1, -0.05) is 6.07 Å². The van der Waals surface area contributed by atoms with E-state index in [-0.39, 0.29) is 17.3 Å². The molecule has 0 saturated heterocycles. The minimum atomic E-state index is -0.0000950. The van der Waals surface area contributed by atoms with Crippen LogP contribution in [0, 0.1) is 6.92 Å². The first kappa shape index (κ1) is 13.9. The minimum absolute atomic E-state index is 0.0000950. The normalized spacial score (nSPS) is 23.7. The van der Waals surface area contributed by atoms with Gasteiger partial charge in [0, 0.05) is 15.9 Å². The molecule has 0 spiro atoms. The first-order valence-corrected chi connectivity index (χ1v) is 7.50. The third kappa shape index (κ3) is 3.48.